The van der Waals surface area contributed by atoms with E-state index < -0.39 is 13.9 Å². The molecular weight excluding hydrogens is 329 g/mol. The number of nitrogens with zero attached hydrogens (tertiary/aromatic N) is 1. The molecule has 1 amide bonds. The summed E-state index contributed by atoms with van der Waals surface area (Å²) in [6.07, 6.45) is 5.72. The van der Waals surface area contributed by atoms with Crippen molar-refractivity contribution in [2.45, 2.75) is 51.5 Å². The van der Waals surface area contributed by atoms with E-state index in [0.29, 0.717) is 6.42 Å². The molecule has 0 aliphatic rings. The summed E-state index contributed by atoms with van der Waals surface area (Å²) in [6, 6.07) is 8.60. The number of benzene rings is 1. The van der Waals surface area contributed by atoms with Gasteiger partial charge in [0, 0.05) is 13.5 Å². The molecule has 0 fully saturated rings. The summed E-state index contributed by atoms with van der Waals surface area (Å²) in [4.78, 5) is 31.8. The Morgan fingerprint density at radius 3 is 2.38 bits per heavy atom. The predicted molar refractivity (Wildman–Crippen MR) is 93.3 cm³/mol. The molecule has 0 bridgehead atoms. The molecule has 0 radical (unpaired) electrons. The van der Waals surface area contributed by atoms with Gasteiger partial charge in [0.05, 0.1) is 12.6 Å². The summed E-state index contributed by atoms with van der Waals surface area (Å²) < 4.78 is 15.6. The molecule has 0 unspecified atom stereocenters. The summed E-state index contributed by atoms with van der Waals surface area (Å²) in [7, 11) is -2.93. The van der Waals surface area contributed by atoms with Crippen LogP contribution in [0, 0.1) is 0 Å². The van der Waals surface area contributed by atoms with Gasteiger partial charge in [0.15, 0.2) is 0 Å². The van der Waals surface area contributed by atoms with Gasteiger partial charge in [0.1, 0.15) is 0 Å². The molecule has 0 saturated heterocycles. The topological polar surface area (TPSA) is 87.1 Å². The number of rotatable bonds is 11. The number of hydrogen-bond acceptors (Lipinski definition) is 3. The molecule has 0 aromatic heterocycles. The van der Waals surface area contributed by atoms with Crippen LogP contribution in [0.5, 0.6) is 0 Å². The van der Waals surface area contributed by atoms with Crippen LogP contribution in [0.25, 0.3) is 0 Å². The van der Waals surface area contributed by atoms with Crippen LogP contribution in [0.15, 0.2) is 30.3 Å². The second-order valence-corrected chi connectivity index (χ2v) is 7.12. The van der Waals surface area contributed by atoms with Crippen molar-refractivity contribution in [1.29, 1.82) is 0 Å². The van der Waals surface area contributed by atoms with Crippen LogP contribution in [0.1, 0.15) is 57.1 Å². The van der Waals surface area contributed by atoms with Gasteiger partial charge < -0.3 is 14.7 Å². The summed E-state index contributed by atoms with van der Waals surface area (Å²) in [5.74, 6) is -0.0466. The van der Waals surface area contributed by atoms with Crippen LogP contribution >= 0.6 is 7.82 Å². The smallest absolute Gasteiger partial charge is 0.336 e. The molecule has 6 nitrogen and oxygen atoms in total. The van der Waals surface area contributed by atoms with Gasteiger partial charge in [-0.3, -0.25) is 9.32 Å². The van der Waals surface area contributed by atoms with E-state index in [1.807, 2.05) is 30.3 Å². The molecule has 0 heterocycles. The fourth-order valence-corrected chi connectivity index (χ4v) is 2.84. The van der Waals surface area contributed by atoms with E-state index in [1.165, 1.54) is 11.3 Å². The number of hydrogen-bond donors (Lipinski definition) is 2. The third-order valence-corrected chi connectivity index (χ3v) is 4.43. The first-order valence-electron chi connectivity index (χ1n) is 8.36. The maximum Gasteiger partial charge on any atom is 0.469 e. The van der Waals surface area contributed by atoms with Gasteiger partial charge >= 0.3 is 7.82 Å². The number of phosphoric acid groups is 1. The highest BCUT2D eigenvalue weighted by molar-refractivity contribution is 7.46. The van der Waals surface area contributed by atoms with E-state index in [9.17, 15) is 9.36 Å². The van der Waals surface area contributed by atoms with E-state index in [0.717, 1.165) is 31.2 Å². The molecule has 0 saturated carbocycles. The summed E-state index contributed by atoms with van der Waals surface area (Å²) in [5.41, 5.74) is 0.785. The summed E-state index contributed by atoms with van der Waals surface area (Å²) in [6.45, 7) is 1.90. The quantitative estimate of drug-likeness (QED) is 0.466. The number of carbonyl (C=O) groups is 1. The van der Waals surface area contributed by atoms with E-state index in [4.69, 9.17) is 9.79 Å². The Morgan fingerprint density at radius 2 is 1.79 bits per heavy atom. The lowest BCUT2D eigenvalue weighted by Gasteiger charge is -2.28. The molecule has 1 atom stereocenters. The van der Waals surface area contributed by atoms with E-state index >= 15 is 0 Å². The minimum absolute atomic E-state index is 0.0466. The minimum atomic E-state index is -4.58. The molecule has 0 aliphatic heterocycles. The molecule has 1 aromatic carbocycles. The molecule has 7 heteroatoms. The van der Waals surface area contributed by atoms with E-state index in [2.05, 4.69) is 11.4 Å². The number of carbonyl (C=O) groups excluding carboxylic acids is 1. The van der Waals surface area contributed by atoms with Crippen LogP contribution in [0.2, 0.25) is 0 Å². The summed E-state index contributed by atoms with van der Waals surface area (Å²) in [5, 5.41) is 0. The zero-order valence-corrected chi connectivity index (χ0v) is 15.3. The first-order chi connectivity index (χ1) is 11.3. The molecule has 136 valence electrons. The lowest BCUT2D eigenvalue weighted by Crippen LogP contribution is -2.33. The molecule has 0 spiro atoms. The van der Waals surface area contributed by atoms with Gasteiger partial charge in [0.25, 0.3) is 0 Å². The van der Waals surface area contributed by atoms with Crippen molar-refractivity contribution >= 4 is 13.7 Å². The molecule has 1 rings (SSSR count). The molecule has 2 N–H and O–H groups in total. The normalized spacial score (nSPS) is 12.8. The van der Waals surface area contributed by atoms with Crippen molar-refractivity contribution in [3.8, 4) is 0 Å². The molecule has 24 heavy (non-hydrogen) atoms. The Hall–Kier alpha value is -1.20. The van der Waals surface area contributed by atoms with Gasteiger partial charge in [-0.25, -0.2) is 4.57 Å². The van der Waals surface area contributed by atoms with Crippen LogP contribution in [-0.4, -0.2) is 34.2 Å². The average molecular weight is 357 g/mol. The van der Waals surface area contributed by atoms with Gasteiger partial charge in [-0.1, -0.05) is 62.9 Å². The number of phosphoric ester groups is 1. The second-order valence-electron chi connectivity index (χ2n) is 5.88. The van der Waals surface area contributed by atoms with Crippen LogP contribution < -0.4 is 0 Å². The largest absolute Gasteiger partial charge is 0.469 e. The average Bonchev–Trinajstić information content (AvgIpc) is 2.54. The third kappa shape index (κ3) is 8.06. The molecular formula is C17H28NO5P. The summed E-state index contributed by atoms with van der Waals surface area (Å²) >= 11 is 0. The highest BCUT2D eigenvalue weighted by atomic mass is 31.2. The maximum absolute atomic E-state index is 12.4. The lowest BCUT2D eigenvalue weighted by atomic mass is 10.1. The Morgan fingerprint density at radius 1 is 1.17 bits per heavy atom. The third-order valence-electron chi connectivity index (χ3n) is 3.94. The van der Waals surface area contributed by atoms with Crippen molar-refractivity contribution < 1.29 is 23.7 Å². The van der Waals surface area contributed by atoms with Crippen molar-refractivity contribution in [3.63, 3.8) is 0 Å². The van der Waals surface area contributed by atoms with Crippen LogP contribution in [0.3, 0.4) is 0 Å². The fraction of sp³-hybridized carbons (Fsp3) is 0.588. The van der Waals surface area contributed by atoms with Crippen molar-refractivity contribution in [2.24, 2.45) is 0 Å². The van der Waals surface area contributed by atoms with Gasteiger partial charge in [-0.05, 0) is 12.0 Å². The van der Waals surface area contributed by atoms with Crippen molar-refractivity contribution in [3.05, 3.63) is 35.9 Å². The lowest BCUT2D eigenvalue weighted by molar-refractivity contribution is -0.133. The molecule has 0 aliphatic carbocycles. The standard InChI is InChI=1S/C17H28NO5P/c1-3-4-5-6-10-13-17(19)18(2)16(14-23-24(20,21)22)15-11-8-7-9-12-15/h7-9,11-12,16H,3-6,10,13-14H2,1-2H3,(H2,20,21,22)/t16-/m0/s1. The molecule has 1 aromatic rings. The number of likely N-dealkylation sites (N-methyl/N-ethyl adjacent to an activating group) is 1. The van der Waals surface area contributed by atoms with E-state index in [1.54, 1.807) is 7.05 Å². The Labute approximate surface area is 144 Å². The zero-order valence-electron chi connectivity index (χ0n) is 14.4. The van der Waals surface area contributed by atoms with Gasteiger partial charge in [0.2, 0.25) is 5.91 Å². The van der Waals surface area contributed by atoms with Crippen molar-refractivity contribution in [2.75, 3.05) is 13.7 Å². The first-order valence-corrected chi connectivity index (χ1v) is 9.89. The minimum Gasteiger partial charge on any atom is -0.336 e. The highest BCUT2D eigenvalue weighted by Crippen LogP contribution is 2.38. The van der Waals surface area contributed by atoms with Crippen molar-refractivity contribution in [1.82, 2.24) is 4.90 Å². The van der Waals surface area contributed by atoms with Gasteiger partial charge in [-0.15, -0.1) is 0 Å². The zero-order chi connectivity index (χ0) is 18.0. The Balaban J connectivity index is 2.67. The number of amides is 1. The first kappa shape index (κ1) is 20.8. The fourth-order valence-electron chi connectivity index (χ4n) is 2.50. The predicted octanol–water partition coefficient (Wildman–Crippen LogP) is 3.66. The Bertz CT molecular complexity index is 531. The van der Waals surface area contributed by atoms with Gasteiger partial charge in [-0.2, -0.15) is 0 Å². The van der Waals surface area contributed by atoms with E-state index in [-0.39, 0.29) is 12.5 Å². The maximum atomic E-state index is 12.4. The van der Waals surface area contributed by atoms with Crippen LogP contribution in [0.4, 0.5) is 0 Å². The second kappa shape index (κ2) is 10.6. The SMILES string of the molecule is CCCCCCCC(=O)N(C)[C@@H](COP(=O)(O)O)c1ccccc1. The number of unbranched alkanes of at least 4 members (excludes halogenated alkanes) is 4. The van der Waals surface area contributed by atoms with Crippen LogP contribution in [-0.2, 0) is 13.9 Å². The monoisotopic (exact) mass is 357 g/mol. The highest BCUT2D eigenvalue weighted by Gasteiger charge is 2.25. The Kier molecular flexibility index (Phi) is 9.22.